The zero-order valence-corrected chi connectivity index (χ0v) is 11.0. The van der Waals surface area contributed by atoms with Crippen molar-refractivity contribution in [2.45, 2.75) is 12.2 Å². The summed E-state index contributed by atoms with van der Waals surface area (Å²) in [5, 5.41) is 0.667. The van der Waals surface area contributed by atoms with Gasteiger partial charge in [-0.2, -0.15) is 0 Å². The van der Waals surface area contributed by atoms with Gasteiger partial charge in [0.1, 0.15) is 16.9 Å². The number of anilines is 1. The first-order chi connectivity index (χ1) is 8.77. The monoisotopic (exact) mass is 289 g/mol. The molecule has 0 spiro atoms. The molecule has 1 aromatic rings. The largest absolute Gasteiger partial charge is 0.322 e. The molecule has 0 aliphatic heterocycles. The van der Waals surface area contributed by atoms with E-state index >= 15 is 0 Å². The zero-order chi connectivity index (χ0) is 14.6. The highest BCUT2D eigenvalue weighted by atomic mass is 32.2. The lowest BCUT2D eigenvalue weighted by atomic mass is 10.3. The first kappa shape index (κ1) is 15.3. The fraction of sp³-hybridized carbons (Fsp3) is 0.250. The van der Waals surface area contributed by atoms with Crippen LogP contribution in [0.15, 0.2) is 30.9 Å². The van der Waals surface area contributed by atoms with E-state index in [0.29, 0.717) is 0 Å². The molecule has 1 aromatic carbocycles. The van der Waals surface area contributed by atoms with Crippen molar-refractivity contribution in [3.8, 4) is 0 Å². The molecule has 1 amide bonds. The molecule has 0 fully saturated rings. The van der Waals surface area contributed by atoms with Crippen LogP contribution in [0.4, 0.5) is 14.5 Å². The molecule has 7 heteroatoms. The van der Waals surface area contributed by atoms with E-state index in [1.807, 2.05) is 5.32 Å². The van der Waals surface area contributed by atoms with Crippen LogP contribution in [-0.2, 0) is 14.6 Å². The van der Waals surface area contributed by atoms with Crippen molar-refractivity contribution < 1.29 is 22.0 Å². The number of nitrogens with one attached hydrogen (secondary N) is 1. The topological polar surface area (TPSA) is 63.2 Å². The Hall–Kier alpha value is -1.76. The maximum absolute atomic E-state index is 13.3. The fourth-order valence-corrected chi connectivity index (χ4v) is 2.30. The molecule has 1 N–H and O–H groups in total. The van der Waals surface area contributed by atoms with Gasteiger partial charge < -0.3 is 5.32 Å². The van der Waals surface area contributed by atoms with Crippen molar-refractivity contribution in [3.05, 3.63) is 42.5 Å². The molecule has 104 valence electrons. The lowest BCUT2D eigenvalue weighted by molar-refractivity contribution is -0.115. The Balaban J connectivity index is 2.91. The summed E-state index contributed by atoms with van der Waals surface area (Å²) in [5.41, 5.74) is -0.398. The average Bonchev–Trinajstić information content (AvgIpc) is 2.32. The standard InChI is InChI=1S/C12H13F2NO3S/c1-3-6-19(17,18)8(2)12(16)15-11-7-9(13)4-5-10(11)14/h3-5,7-8H,1,6H2,2H3,(H,15,16). The summed E-state index contributed by atoms with van der Waals surface area (Å²) < 4.78 is 49.4. The Kier molecular flexibility index (Phi) is 4.77. The molecule has 0 bridgehead atoms. The summed E-state index contributed by atoms with van der Waals surface area (Å²) in [7, 11) is -3.70. The lowest BCUT2D eigenvalue weighted by Crippen LogP contribution is -2.34. The summed E-state index contributed by atoms with van der Waals surface area (Å²) in [6.45, 7) is 4.45. The molecular weight excluding hydrogens is 276 g/mol. The minimum absolute atomic E-state index is 0.368. The van der Waals surface area contributed by atoms with Gasteiger partial charge in [-0.3, -0.25) is 4.79 Å². The van der Waals surface area contributed by atoms with E-state index in [2.05, 4.69) is 6.58 Å². The first-order valence-corrected chi connectivity index (χ1v) is 7.08. The van der Waals surface area contributed by atoms with Crippen LogP contribution in [0, 0.1) is 11.6 Å². The van der Waals surface area contributed by atoms with Crippen molar-refractivity contribution in [1.29, 1.82) is 0 Å². The quantitative estimate of drug-likeness (QED) is 0.842. The Morgan fingerprint density at radius 1 is 1.47 bits per heavy atom. The lowest BCUT2D eigenvalue weighted by Gasteiger charge is -2.12. The van der Waals surface area contributed by atoms with Crippen LogP contribution >= 0.6 is 0 Å². The van der Waals surface area contributed by atoms with Gasteiger partial charge in [-0.25, -0.2) is 17.2 Å². The number of amides is 1. The number of hydrogen-bond acceptors (Lipinski definition) is 3. The predicted octanol–water partition coefficient (Wildman–Crippen LogP) is 1.89. The molecule has 1 atom stereocenters. The molecule has 0 heterocycles. The van der Waals surface area contributed by atoms with E-state index in [1.165, 1.54) is 6.92 Å². The van der Waals surface area contributed by atoms with Gasteiger partial charge in [0.05, 0.1) is 11.4 Å². The van der Waals surface area contributed by atoms with Crippen molar-refractivity contribution in [1.82, 2.24) is 0 Å². The van der Waals surface area contributed by atoms with Gasteiger partial charge in [-0.1, -0.05) is 6.08 Å². The molecule has 0 aliphatic carbocycles. The maximum atomic E-state index is 13.3. The van der Waals surface area contributed by atoms with Gasteiger partial charge in [0.25, 0.3) is 0 Å². The highest BCUT2D eigenvalue weighted by Gasteiger charge is 2.27. The predicted molar refractivity (Wildman–Crippen MR) is 68.4 cm³/mol. The summed E-state index contributed by atoms with van der Waals surface area (Å²) in [5.74, 6) is -2.87. The zero-order valence-electron chi connectivity index (χ0n) is 10.2. The van der Waals surface area contributed by atoms with Gasteiger partial charge in [0.2, 0.25) is 5.91 Å². The molecule has 0 aromatic heterocycles. The van der Waals surface area contributed by atoms with Crippen LogP contribution in [0.25, 0.3) is 0 Å². The number of carbonyl (C=O) groups excluding carboxylic acids is 1. The van der Waals surface area contributed by atoms with Crippen molar-refractivity contribution in [2.75, 3.05) is 11.1 Å². The van der Waals surface area contributed by atoms with Gasteiger partial charge in [-0.15, -0.1) is 6.58 Å². The van der Waals surface area contributed by atoms with Gasteiger partial charge in [0.15, 0.2) is 9.84 Å². The Bertz CT molecular complexity index is 599. The third-order valence-corrected chi connectivity index (χ3v) is 4.44. The summed E-state index contributed by atoms with van der Waals surface area (Å²) >= 11 is 0. The first-order valence-electron chi connectivity index (χ1n) is 5.36. The second kappa shape index (κ2) is 5.92. The van der Waals surface area contributed by atoms with Crippen LogP contribution in [0.1, 0.15) is 6.92 Å². The third kappa shape index (κ3) is 3.85. The fourth-order valence-electron chi connectivity index (χ4n) is 1.30. The van der Waals surface area contributed by atoms with Crippen LogP contribution in [0.2, 0.25) is 0 Å². The van der Waals surface area contributed by atoms with Crippen molar-refractivity contribution in [2.24, 2.45) is 0 Å². The van der Waals surface area contributed by atoms with E-state index in [0.717, 1.165) is 24.3 Å². The highest BCUT2D eigenvalue weighted by molar-refractivity contribution is 7.92. The minimum Gasteiger partial charge on any atom is -0.322 e. The summed E-state index contributed by atoms with van der Waals surface area (Å²) in [4.78, 5) is 11.7. The molecule has 1 rings (SSSR count). The third-order valence-electron chi connectivity index (χ3n) is 2.44. The number of hydrogen-bond donors (Lipinski definition) is 1. The summed E-state index contributed by atoms with van der Waals surface area (Å²) in [6.07, 6.45) is 1.15. The number of rotatable bonds is 5. The molecule has 0 aliphatic rings. The maximum Gasteiger partial charge on any atom is 0.242 e. The molecule has 19 heavy (non-hydrogen) atoms. The molecule has 0 radical (unpaired) electrons. The number of sulfone groups is 1. The second-order valence-corrected chi connectivity index (χ2v) is 6.24. The van der Waals surface area contributed by atoms with Gasteiger partial charge >= 0.3 is 0 Å². The molecule has 0 saturated heterocycles. The Morgan fingerprint density at radius 2 is 2.11 bits per heavy atom. The normalized spacial score (nSPS) is 12.8. The minimum atomic E-state index is -3.70. The van der Waals surface area contributed by atoms with Gasteiger partial charge in [0, 0.05) is 6.07 Å². The number of halogens is 2. The molecule has 4 nitrogen and oxygen atoms in total. The van der Waals surface area contributed by atoms with Crippen LogP contribution in [0.3, 0.4) is 0 Å². The van der Waals surface area contributed by atoms with E-state index in [4.69, 9.17) is 0 Å². The molecule has 0 saturated carbocycles. The summed E-state index contributed by atoms with van der Waals surface area (Å²) in [6, 6.07) is 2.51. The number of carbonyl (C=O) groups is 1. The van der Waals surface area contributed by atoms with Gasteiger partial charge in [-0.05, 0) is 19.1 Å². The van der Waals surface area contributed by atoms with E-state index < -0.39 is 38.3 Å². The van der Waals surface area contributed by atoms with E-state index in [9.17, 15) is 22.0 Å². The molecular formula is C12H13F2NO3S. The highest BCUT2D eigenvalue weighted by Crippen LogP contribution is 2.16. The van der Waals surface area contributed by atoms with E-state index in [-0.39, 0.29) is 5.75 Å². The Labute approximate surface area is 110 Å². The number of benzene rings is 1. The average molecular weight is 289 g/mol. The van der Waals surface area contributed by atoms with E-state index in [1.54, 1.807) is 0 Å². The smallest absolute Gasteiger partial charge is 0.242 e. The van der Waals surface area contributed by atoms with Crippen LogP contribution < -0.4 is 5.32 Å². The molecule has 1 unspecified atom stereocenters. The van der Waals surface area contributed by atoms with Crippen molar-refractivity contribution in [3.63, 3.8) is 0 Å². The van der Waals surface area contributed by atoms with Crippen molar-refractivity contribution >= 4 is 21.4 Å². The van der Waals surface area contributed by atoms with Crippen LogP contribution in [0.5, 0.6) is 0 Å². The SMILES string of the molecule is C=CCS(=O)(=O)C(C)C(=O)Nc1cc(F)ccc1F. The van der Waals surface area contributed by atoms with Crippen LogP contribution in [-0.4, -0.2) is 25.3 Å². The Morgan fingerprint density at radius 3 is 2.68 bits per heavy atom. The second-order valence-electron chi connectivity index (χ2n) is 3.87.